The van der Waals surface area contributed by atoms with Crippen molar-refractivity contribution in [2.24, 2.45) is 0 Å². The number of hydrogen-bond donors (Lipinski definition) is 1. The van der Waals surface area contributed by atoms with Crippen molar-refractivity contribution in [3.8, 4) is 0 Å². The highest BCUT2D eigenvalue weighted by atomic mass is 19.3. The van der Waals surface area contributed by atoms with Crippen molar-refractivity contribution in [2.45, 2.75) is 12.8 Å². The molecular formula is C15H15F2N. The maximum atomic E-state index is 13.9. The zero-order valence-corrected chi connectivity index (χ0v) is 10.2. The number of benzene rings is 2. The Kier molecular flexibility index (Phi) is 3.60. The van der Waals surface area contributed by atoms with Crippen molar-refractivity contribution in [3.63, 3.8) is 0 Å². The highest BCUT2D eigenvalue weighted by Gasteiger charge is 2.30. The molecule has 18 heavy (non-hydrogen) atoms. The molecule has 0 saturated carbocycles. The lowest BCUT2D eigenvalue weighted by molar-refractivity contribution is 0.0106. The van der Waals surface area contributed by atoms with Crippen LogP contribution in [0.4, 0.5) is 14.5 Å². The largest absolute Gasteiger partial charge is 0.378 e. The summed E-state index contributed by atoms with van der Waals surface area (Å²) in [5.41, 5.74) is 1.74. The number of anilines is 1. The van der Waals surface area contributed by atoms with E-state index in [1.807, 2.05) is 25.1 Å². The highest BCUT2D eigenvalue weighted by molar-refractivity contribution is 5.50. The van der Waals surface area contributed by atoms with Crippen LogP contribution in [0.25, 0.3) is 0 Å². The first-order valence-electron chi connectivity index (χ1n) is 5.82. The summed E-state index contributed by atoms with van der Waals surface area (Å²) in [6.07, 6.45) is 0. The van der Waals surface area contributed by atoms with E-state index in [0.29, 0.717) is 0 Å². The van der Waals surface area contributed by atoms with Crippen molar-refractivity contribution in [3.05, 3.63) is 65.7 Å². The molecule has 0 heterocycles. The van der Waals surface area contributed by atoms with Gasteiger partial charge in [0.1, 0.15) is 0 Å². The van der Waals surface area contributed by atoms with Gasteiger partial charge in [0.05, 0.1) is 6.54 Å². The van der Waals surface area contributed by atoms with Crippen LogP contribution in [-0.4, -0.2) is 6.54 Å². The van der Waals surface area contributed by atoms with Gasteiger partial charge in [-0.1, -0.05) is 48.5 Å². The third-order valence-electron chi connectivity index (χ3n) is 2.84. The lowest BCUT2D eigenvalue weighted by Gasteiger charge is -2.19. The molecule has 3 heteroatoms. The summed E-state index contributed by atoms with van der Waals surface area (Å²) in [4.78, 5) is 0. The Morgan fingerprint density at radius 2 is 1.56 bits per heavy atom. The van der Waals surface area contributed by atoms with E-state index in [4.69, 9.17) is 0 Å². The normalized spacial score (nSPS) is 11.3. The first-order valence-corrected chi connectivity index (χ1v) is 5.82. The maximum absolute atomic E-state index is 13.9. The van der Waals surface area contributed by atoms with E-state index in [0.717, 1.165) is 11.3 Å². The van der Waals surface area contributed by atoms with E-state index >= 15 is 0 Å². The molecule has 2 rings (SSSR count). The molecule has 0 unspecified atom stereocenters. The SMILES string of the molecule is Cc1ccccc1NCC(F)(F)c1ccccc1. The first-order chi connectivity index (χ1) is 8.59. The Bertz CT molecular complexity index is 509. The molecule has 94 valence electrons. The predicted octanol–water partition coefficient (Wildman–Crippen LogP) is 4.20. The molecule has 0 aliphatic heterocycles. The number of nitrogens with one attached hydrogen (secondary N) is 1. The monoisotopic (exact) mass is 247 g/mol. The van der Waals surface area contributed by atoms with Crippen LogP contribution in [0.5, 0.6) is 0 Å². The molecule has 0 atom stereocenters. The summed E-state index contributed by atoms with van der Waals surface area (Å²) in [7, 11) is 0. The van der Waals surface area contributed by atoms with Crippen LogP contribution in [0.3, 0.4) is 0 Å². The fourth-order valence-electron chi connectivity index (χ4n) is 1.76. The van der Waals surface area contributed by atoms with Gasteiger partial charge >= 0.3 is 0 Å². The van der Waals surface area contributed by atoms with Gasteiger partial charge < -0.3 is 5.32 Å². The van der Waals surface area contributed by atoms with E-state index in [1.54, 1.807) is 24.3 Å². The van der Waals surface area contributed by atoms with Gasteiger partial charge in [-0.25, -0.2) is 0 Å². The van der Waals surface area contributed by atoms with E-state index in [-0.39, 0.29) is 5.56 Å². The predicted molar refractivity (Wildman–Crippen MR) is 70.0 cm³/mol. The lowest BCUT2D eigenvalue weighted by atomic mass is 10.1. The summed E-state index contributed by atoms with van der Waals surface area (Å²) < 4.78 is 27.8. The number of para-hydroxylation sites is 1. The molecule has 0 spiro atoms. The van der Waals surface area contributed by atoms with Gasteiger partial charge in [0.2, 0.25) is 0 Å². The highest BCUT2D eigenvalue weighted by Crippen LogP contribution is 2.28. The van der Waals surface area contributed by atoms with Gasteiger partial charge in [0.25, 0.3) is 5.92 Å². The molecule has 0 aliphatic rings. The molecule has 0 amide bonds. The summed E-state index contributed by atoms with van der Waals surface area (Å²) in [6, 6.07) is 15.3. The van der Waals surface area contributed by atoms with Crippen LogP contribution in [-0.2, 0) is 5.92 Å². The molecule has 0 aromatic heterocycles. The van der Waals surface area contributed by atoms with E-state index in [1.165, 1.54) is 12.1 Å². The fraction of sp³-hybridized carbons (Fsp3) is 0.200. The van der Waals surface area contributed by atoms with Crippen LogP contribution in [0.15, 0.2) is 54.6 Å². The summed E-state index contributed by atoms with van der Waals surface area (Å²) in [5.74, 6) is -2.87. The molecule has 2 aromatic rings. The second-order valence-electron chi connectivity index (χ2n) is 4.24. The molecule has 1 N–H and O–H groups in total. The van der Waals surface area contributed by atoms with Gasteiger partial charge in [0.15, 0.2) is 0 Å². The molecule has 0 bridgehead atoms. The lowest BCUT2D eigenvalue weighted by Crippen LogP contribution is -2.24. The zero-order chi connectivity index (χ0) is 13.0. The standard InChI is InChI=1S/C15H15F2N/c1-12-7-5-6-10-14(12)18-11-15(16,17)13-8-3-2-4-9-13/h2-10,18H,11H2,1H3. The summed E-state index contributed by atoms with van der Waals surface area (Å²) in [6.45, 7) is 1.49. The average molecular weight is 247 g/mol. The minimum Gasteiger partial charge on any atom is -0.378 e. The van der Waals surface area contributed by atoms with Gasteiger partial charge in [0, 0.05) is 11.3 Å². The summed E-state index contributed by atoms with van der Waals surface area (Å²) in [5, 5.41) is 2.80. The minimum atomic E-state index is -2.87. The van der Waals surface area contributed by atoms with E-state index < -0.39 is 12.5 Å². The topological polar surface area (TPSA) is 12.0 Å². The number of aryl methyl sites for hydroxylation is 1. The van der Waals surface area contributed by atoms with Gasteiger partial charge in [-0.05, 0) is 18.6 Å². The smallest absolute Gasteiger partial charge is 0.290 e. The number of hydrogen-bond acceptors (Lipinski definition) is 1. The van der Waals surface area contributed by atoms with Crippen LogP contribution in [0.2, 0.25) is 0 Å². The third kappa shape index (κ3) is 2.86. The molecule has 1 nitrogen and oxygen atoms in total. The Morgan fingerprint density at radius 3 is 2.22 bits per heavy atom. The molecule has 0 saturated heterocycles. The zero-order valence-electron chi connectivity index (χ0n) is 10.2. The first kappa shape index (κ1) is 12.6. The average Bonchev–Trinajstić information content (AvgIpc) is 2.39. The van der Waals surface area contributed by atoms with Crippen LogP contribution >= 0.6 is 0 Å². The fourth-order valence-corrected chi connectivity index (χ4v) is 1.76. The van der Waals surface area contributed by atoms with Crippen molar-refractivity contribution < 1.29 is 8.78 Å². The maximum Gasteiger partial charge on any atom is 0.290 e. The Balaban J connectivity index is 2.08. The van der Waals surface area contributed by atoms with Crippen molar-refractivity contribution >= 4 is 5.69 Å². The minimum absolute atomic E-state index is 0.0334. The quantitative estimate of drug-likeness (QED) is 0.853. The van der Waals surface area contributed by atoms with E-state index in [9.17, 15) is 8.78 Å². The Morgan fingerprint density at radius 1 is 0.944 bits per heavy atom. The summed E-state index contributed by atoms with van der Waals surface area (Å²) >= 11 is 0. The van der Waals surface area contributed by atoms with Crippen LogP contribution in [0.1, 0.15) is 11.1 Å². The van der Waals surface area contributed by atoms with E-state index in [2.05, 4.69) is 5.32 Å². The van der Waals surface area contributed by atoms with Crippen LogP contribution in [0, 0.1) is 6.92 Å². The van der Waals surface area contributed by atoms with Gasteiger partial charge in [-0.15, -0.1) is 0 Å². The second kappa shape index (κ2) is 5.17. The number of halogens is 2. The van der Waals surface area contributed by atoms with Gasteiger partial charge in [-0.2, -0.15) is 8.78 Å². The van der Waals surface area contributed by atoms with Crippen LogP contribution < -0.4 is 5.32 Å². The molecule has 2 aromatic carbocycles. The van der Waals surface area contributed by atoms with Gasteiger partial charge in [-0.3, -0.25) is 0 Å². The van der Waals surface area contributed by atoms with Crippen molar-refractivity contribution in [1.82, 2.24) is 0 Å². The molecule has 0 fully saturated rings. The second-order valence-corrected chi connectivity index (χ2v) is 4.24. The molecule has 0 radical (unpaired) electrons. The van der Waals surface area contributed by atoms with Crippen molar-refractivity contribution in [2.75, 3.05) is 11.9 Å². The number of alkyl halides is 2. The number of rotatable bonds is 4. The third-order valence-corrected chi connectivity index (χ3v) is 2.84. The molecular weight excluding hydrogens is 232 g/mol. The molecule has 0 aliphatic carbocycles. The Labute approximate surface area is 105 Å². The Hall–Kier alpha value is -1.90. The van der Waals surface area contributed by atoms with Crippen molar-refractivity contribution in [1.29, 1.82) is 0 Å².